The van der Waals surface area contributed by atoms with E-state index in [1.807, 2.05) is 52.0 Å². The normalized spacial score (nSPS) is 18.2. The summed E-state index contributed by atoms with van der Waals surface area (Å²) in [5.41, 5.74) is 3.81. The highest BCUT2D eigenvalue weighted by Gasteiger charge is 2.42. The molecule has 1 N–H and O–H groups in total. The molecule has 40 heavy (non-hydrogen) atoms. The number of likely N-dealkylation sites (tertiary alicyclic amines) is 1. The van der Waals surface area contributed by atoms with Crippen LogP contribution in [0, 0.1) is 0 Å². The molecule has 0 saturated carbocycles. The lowest BCUT2D eigenvalue weighted by Gasteiger charge is -2.33. The highest BCUT2D eigenvalue weighted by Crippen LogP contribution is 2.44. The molecule has 1 saturated heterocycles. The first-order chi connectivity index (χ1) is 19.0. The molecule has 5 rings (SSSR count). The van der Waals surface area contributed by atoms with Gasteiger partial charge in [-0.2, -0.15) is 0 Å². The van der Waals surface area contributed by atoms with Crippen LogP contribution in [0.2, 0.25) is 0 Å². The minimum Gasteiger partial charge on any atom is -0.475 e. The third-order valence-electron chi connectivity index (χ3n) is 7.51. The zero-order valence-electron chi connectivity index (χ0n) is 23.1. The standard InChI is InChI=1S/C31H34N2O7/c1-19-26(15-16-32(19)30(37)40-31(2,3)4)33(17-20-13-14-27(39-20)28(34)35)29(36)38-18-25-23-11-7-5-9-21(23)22-10-6-8-12-24(22)25/h5-14,19,25-26H,15-18H2,1-4H3,(H,34,35)/t19-,26-/m1/s1. The number of rotatable bonds is 6. The largest absolute Gasteiger partial charge is 0.475 e. The third-order valence-corrected chi connectivity index (χ3v) is 7.51. The third kappa shape index (κ3) is 5.41. The number of ether oxygens (including phenoxy) is 2. The minimum absolute atomic E-state index is 0.00111. The molecule has 2 heterocycles. The van der Waals surface area contributed by atoms with Gasteiger partial charge in [0.2, 0.25) is 5.76 Å². The van der Waals surface area contributed by atoms with Crippen LogP contribution in [-0.2, 0) is 16.0 Å². The highest BCUT2D eigenvalue weighted by molar-refractivity contribution is 5.84. The predicted octanol–water partition coefficient (Wildman–Crippen LogP) is 6.13. The molecule has 2 aliphatic rings. The molecule has 210 valence electrons. The quantitative estimate of drug-likeness (QED) is 0.396. The molecule has 0 spiro atoms. The van der Waals surface area contributed by atoms with Crippen LogP contribution < -0.4 is 0 Å². The summed E-state index contributed by atoms with van der Waals surface area (Å²) in [5, 5.41) is 9.29. The van der Waals surface area contributed by atoms with Crippen LogP contribution in [0.1, 0.15) is 67.5 Å². The summed E-state index contributed by atoms with van der Waals surface area (Å²) in [6.45, 7) is 7.84. The van der Waals surface area contributed by atoms with E-state index < -0.39 is 23.8 Å². The number of aromatic carboxylic acids is 1. The van der Waals surface area contributed by atoms with Crippen LogP contribution in [0.15, 0.2) is 65.1 Å². The van der Waals surface area contributed by atoms with Crippen LogP contribution >= 0.6 is 0 Å². The topological polar surface area (TPSA) is 110 Å². The Morgan fingerprint density at radius 1 is 1.00 bits per heavy atom. The molecule has 2 atom stereocenters. The number of carboxylic acid groups (broad SMARTS) is 1. The maximum absolute atomic E-state index is 13.7. The van der Waals surface area contributed by atoms with E-state index in [1.54, 1.807) is 11.0 Å². The van der Waals surface area contributed by atoms with Gasteiger partial charge >= 0.3 is 18.2 Å². The first-order valence-electron chi connectivity index (χ1n) is 13.5. The Balaban J connectivity index is 1.37. The molecule has 1 aliphatic heterocycles. The van der Waals surface area contributed by atoms with Gasteiger partial charge in [0.1, 0.15) is 18.0 Å². The molecule has 2 aromatic carbocycles. The molecular formula is C31H34N2O7. The number of carboxylic acids is 1. The van der Waals surface area contributed by atoms with Gasteiger partial charge in [-0.05, 0) is 68.5 Å². The van der Waals surface area contributed by atoms with Crippen molar-refractivity contribution in [3.05, 3.63) is 83.3 Å². The Morgan fingerprint density at radius 2 is 1.62 bits per heavy atom. The fourth-order valence-corrected chi connectivity index (χ4v) is 5.66. The molecule has 3 aromatic rings. The zero-order chi connectivity index (χ0) is 28.6. The van der Waals surface area contributed by atoms with Crippen LogP contribution in [0.25, 0.3) is 11.1 Å². The van der Waals surface area contributed by atoms with Gasteiger partial charge in [-0.25, -0.2) is 14.4 Å². The maximum Gasteiger partial charge on any atom is 0.410 e. The number of furan rings is 1. The Morgan fingerprint density at radius 3 is 2.20 bits per heavy atom. The molecule has 0 radical (unpaired) electrons. The van der Waals surface area contributed by atoms with Crippen LogP contribution in [0.3, 0.4) is 0 Å². The summed E-state index contributed by atoms with van der Waals surface area (Å²) in [4.78, 5) is 41.1. The van der Waals surface area contributed by atoms with Gasteiger partial charge in [0.25, 0.3) is 0 Å². The van der Waals surface area contributed by atoms with Crippen molar-refractivity contribution in [1.82, 2.24) is 9.80 Å². The van der Waals surface area contributed by atoms with E-state index in [2.05, 4.69) is 24.3 Å². The first kappa shape index (κ1) is 27.3. The number of benzene rings is 2. The number of fused-ring (bicyclic) bond motifs is 3. The number of nitrogens with zero attached hydrogens (tertiary/aromatic N) is 2. The average molecular weight is 547 g/mol. The van der Waals surface area contributed by atoms with Crippen molar-refractivity contribution in [2.24, 2.45) is 0 Å². The molecule has 1 fully saturated rings. The fourth-order valence-electron chi connectivity index (χ4n) is 5.66. The second-order valence-electron chi connectivity index (χ2n) is 11.3. The van der Waals surface area contributed by atoms with Crippen LogP contribution in [0.4, 0.5) is 9.59 Å². The second kappa shape index (κ2) is 10.7. The lowest BCUT2D eigenvalue weighted by molar-refractivity contribution is 0.0185. The van der Waals surface area contributed by atoms with Crippen LogP contribution in [0.5, 0.6) is 0 Å². The molecule has 1 aliphatic carbocycles. The maximum atomic E-state index is 13.7. The molecule has 1 aromatic heterocycles. The average Bonchev–Trinajstić information content (AvgIpc) is 3.61. The molecule has 2 amide bonds. The molecule has 9 heteroatoms. The number of carbonyl (C=O) groups excluding carboxylic acids is 2. The zero-order valence-corrected chi connectivity index (χ0v) is 23.1. The van der Waals surface area contributed by atoms with Crippen molar-refractivity contribution >= 4 is 18.2 Å². The van der Waals surface area contributed by atoms with Crippen molar-refractivity contribution in [3.8, 4) is 11.1 Å². The molecule has 0 bridgehead atoms. The molecule has 0 unspecified atom stereocenters. The number of hydrogen-bond acceptors (Lipinski definition) is 6. The second-order valence-corrected chi connectivity index (χ2v) is 11.3. The van der Waals surface area contributed by atoms with Gasteiger partial charge in [0.05, 0.1) is 18.6 Å². The van der Waals surface area contributed by atoms with Crippen LogP contribution in [-0.4, -0.2) is 63.9 Å². The lowest BCUT2D eigenvalue weighted by Crippen LogP contribution is -2.48. The summed E-state index contributed by atoms with van der Waals surface area (Å²) >= 11 is 0. The summed E-state index contributed by atoms with van der Waals surface area (Å²) in [5.74, 6) is -1.20. The summed E-state index contributed by atoms with van der Waals surface area (Å²) in [7, 11) is 0. The van der Waals surface area contributed by atoms with Crippen molar-refractivity contribution < 1.29 is 33.4 Å². The van der Waals surface area contributed by atoms with E-state index in [-0.39, 0.29) is 36.9 Å². The van der Waals surface area contributed by atoms with Gasteiger partial charge in [0, 0.05) is 12.5 Å². The molecular weight excluding hydrogens is 512 g/mol. The van der Waals surface area contributed by atoms with Gasteiger partial charge in [-0.1, -0.05) is 48.5 Å². The van der Waals surface area contributed by atoms with Crippen molar-refractivity contribution in [2.45, 2.75) is 64.3 Å². The lowest BCUT2D eigenvalue weighted by atomic mass is 9.98. The van der Waals surface area contributed by atoms with Crippen molar-refractivity contribution in [3.63, 3.8) is 0 Å². The van der Waals surface area contributed by atoms with Crippen molar-refractivity contribution in [2.75, 3.05) is 13.2 Å². The van der Waals surface area contributed by atoms with E-state index in [9.17, 15) is 19.5 Å². The Bertz CT molecular complexity index is 1380. The van der Waals surface area contributed by atoms with Gasteiger partial charge in [-0.3, -0.25) is 4.90 Å². The van der Waals surface area contributed by atoms with E-state index in [0.29, 0.717) is 18.7 Å². The highest BCUT2D eigenvalue weighted by atomic mass is 16.6. The van der Waals surface area contributed by atoms with E-state index >= 15 is 0 Å². The number of carbonyl (C=O) groups is 3. The van der Waals surface area contributed by atoms with Crippen molar-refractivity contribution in [1.29, 1.82) is 0 Å². The minimum atomic E-state index is -1.19. The Labute approximate surface area is 233 Å². The Hall–Kier alpha value is -4.27. The van der Waals surface area contributed by atoms with Gasteiger partial charge < -0.3 is 23.9 Å². The monoisotopic (exact) mass is 546 g/mol. The Kier molecular flexibility index (Phi) is 7.31. The summed E-state index contributed by atoms with van der Waals surface area (Å²) in [6, 6.07) is 18.4. The smallest absolute Gasteiger partial charge is 0.410 e. The fraction of sp³-hybridized carbons (Fsp3) is 0.387. The predicted molar refractivity (Wildman–Crippen MR) is 147 cm³/mol. The molecule has 9 nitrogen and oxygen atoms in total. The number of hydrogen-bond donors (Lipinski definition) is 1. The van der Waals surface area contributed by atoms with Gasteiger partial charge in [0.15, 0.2) is 0 Å². The number of amides is 2. The van der Waals surface area contributed by atoms with Gasteiger partial charge in [-0.15, -0.1) is 0 Å². The summed E-state index contributed by atoms with van der Waals surface area (Å²) < 4.78 is 17.0. The summed E-state index contributed by atoms with van der Waals surface area (Å²) in [6.07, 6.45) is -0.490. The SMILES string of the molecule is C[C@@H]1[C@H](N(Cc2ccc(C(=O)O)o2)C(=O)OCC2c3ccccc3-c3ccccc32)CCN1C(=O)OC(C)(C)C. The van der Waals surface area contributed by atoms with E-state index in [0.717, 1.165) is 22.3 Å². The van der Waals surface area contributed by atoms with E-state index in [1.165, 1.54) is 11.0 Å². The van der Waals surface area contributed by atoms with E-state index in [4.69, 9.17) is 13.9 Å². The first-order valence-corrected chi connectivity index (χ1v) is 13.5.